The summed E-state index contributed by atoms with van der Waals surface area (Å²) < 4.78 is 45.1. The predicted octanol–water partition coefficient (Wildman–Crippen LogP) is 5.91. The standard InChI is InChI=1S/C29H29BF2N2O4/c1-28(2)29(3,4)38-30(37-28)19(13-18-14-25(31)26(32)33-15-18)16-34-27(35)36-17-24-22-11-7-5-9-20(22)21-10-6-8-12-23(21)24/h5-15,24H,16-17H2,1-4H3,(H,34,35). The van der Waals surface area contributed by atoms with Crippen LogP contribution in [0.1, 0.15) is 50.3 Å². The summed E-state index contributed by atoms with van der Waals surface area (Å²) in [5.74, 6) is -2.33. The van der Waals surface area contributed by atoms with Gasteiger partial charge in [0.05, 0.1) is 11.2 Å². The molecule has 2 aliphatic rings. The Balaban J connectivity index is 1.30. The van der Waals surface area contributed by atoms with Crippen LogP contribution in [0.3, 0.4) is 0 Å². The molecule has 196 valence electrons. The average Bonchev–Trinajstić information content (AvgIpc) is 3.31. The quantitative estimate of drug-likeness (QED) is 0.325. The van der Waals surface area contributed by atoms with Gasteiger partial charge < -0.3 is 19.4 Å². The number of halogens is 2. The van der Waals surface area contributed by atoms with Crippen LogP contribution in [0, 0.1) is 11.8 Å². The van der Waals surface area contributed by atoms with Gasteiger partial charge in [-0.25, -0.2) is 14.2 Å². The molecule has 1 amide bonds. The van der Waals surface area contributed by atoms with Crippen molar-refractivity contribution in [3.63, 3.8) is 0 Å². The Morgan fingerprint density at radius 1 is 1.03 bits per heavy atom. The first-order chi connectivity index (χ1) is 18.1. The van der Waals surface area contributed by atoms with Crippen molar-refractivity contribution >= 4 is 19.3 Å². The number of nitrogens with one attached hydrogen (secondary N) is 1. The van der Waals surface area contributed by atoms with Gasteiger partial charge in [-0.1, -0.05) is 54.6 Å². The van der Waals surface area contributed by atoms with Gasteiger partial charge in [-0.15, -0.1) is 0 Å². The molecular formula is C29H29BF2N2O4. The monoisotopic (exact) mass is 518 g/mol. The summed E-state index contributed by atoms with van der Waals surface area (Å²) in [6.45, 7) is 7.80. The minimum Gasteiger partial charge on any atom is -0.449 e. The van der Waals surface area contributed by atoms with Crippen molar-refractivity contribution in [1.82, 2.24) is 10.3 Å². The van der Waals surface area contributed by atoms with Crippen LogP contribution in [0.5, 0.6) is 0 Å². The summed E-state index contributed by atoms with van der Waals surface area (Å²) in [6, 6.07) is 17.2. The van der Waals surface area contributed by atoms with E-state index in [1.807, 2.05) is 52.0 Å². The summed E-state index contributed by atoms with van der Waals surface area (Å²) in [5.41, 5.74) is 4.06. The number of nitrogens with zero attached hydrogens (tertiary/aromatic N) is 1. The first kappa shape index (κ1) is 26.1. The van der Waals surface area contributed by atoms with Gasteiger partial charge in [-0.05, 0) is 67.1 Å². The molecule has 1 aliphatic carbocycles. The number of benzene rings is 2. The van der Waals surface area contributed by atoms with Crippen molar-refractivity contribution in [3.8, 4) is 11.1 Å². The lowest BCUT2D eigenvalue weighted by Crippen LogP contribution is -2.41. The second-order valence-corrected chi connectivity index (χ2v) is 10.5. The Morgan fingerprint density at radius 3 is 2.18 bits per heavy atom. The number of pyridine rings is 1. The number of carbonyl (C=O) groups is 1. The molecule has 0 radical (unpaired) electrons. The van der Waals surface area contributed by atoms with Crippen molar-refractivity contribution in [2.24, 2.45) is 0 Å². The van der Waals surface area contributed by atoms with E-state index >= 15 is 0 Å². The number of fused-ring (bicyclic) bond motifs is 3. The third-order valence-electron chi connectivity index (χ3n) is 7.51. The molecule has 1 saturated heterocycles. The summed E-state index contributed by atoms with van der Waals surface area (Å²) in [4.78, 5) is 16.2. The molecule has 0 saturated carbocycles. The molecule has 1 aliphatic heterocycles. The molecule has 0 bridgehead atoms. The van der Waals surface area contributed by atoms with Crippen LogP contribution in [0.15, 0.2) is 66.3 Å². The third-order valence-corrected chi connectivity index (χ3v) is 7.51. The maximum absolute atomic E-state index is 13.8. The summed E-state index contributed by atoms with van der Waals surface area (Å²) in [5, 5.41) is 2.75. The van der Waals surface area contributed by atoms with Gasteiger partial charge in [0.1, 0.15) is 6.61 Å². The highest BCUT2D eigenvalue weighted by Gasteiger charge is 2.52. The first-order valence-corrected chi connectivity index (χ1v) is 12.5. The Kier molecular flexibility index (Phi) is 6.83. The van der Waals surface area contributed by atoms with E-state index < -0.39 is 36.2 Å². The van der Waals surface area contributed by atoms with E-state index in [1.165, 1.54) is 6.20 Å². The Bertz CT molecular complexity index is 1350. The van der Waals surface area contributed by atoms with E-state index in [0.29, 0.717) is 11.0 Å². The molecule has 2 aromatic carbocycles. The van der Waals surface area contributed by atoms with Crippen LogP contribution >= 0.6 is 0 Å². The number of carbonyl (C=O) groups excluding carboxylic acids is 1. The smallest absolute Gasteiger partial charge is 0.449 e. The van der Waals surface area contributed by atoms with E-state index in [4.69, 9.17) is 14.0 Å². The highest BCUT2D eigenvalue weighted by molar-refractivity contribution is 6.56. The highest BCUT2D eigenvalue weighted by atomic mass is 19.2. The maximum Gasteiger partial charge on any atom is 0.492 e. The van der Waals surface area contributed by atoms with E-state index in [0.717, 1.165) is 28.3 Å². The SMILES string of the molecule is CC1(C)OB(C(=Cc2cnc(F)c(F)c2)CNC(=O)OCC2c3ccccc3-c3ccccc32)OC1(C)C. The summed E-state index contributed by atoms with van der Waals surface area (Å²) in [7, 11) is -0.818. The van der Waals surface area contributed by atoms with Crippen molar-refractivity contribution in [1.29, 1.82) is 0 Å². The maximum atomic E-state index is 13.8. The number of hydrogen-bond acceptors (Lipinski definition) is 5. The number of aromatic nitrogens is 1. The Hall–Kier alpha value is -3.56. The van der Waals surface area contributed by atoms with E-state index in [9.17, 15) is 13.6 Å². The zero-order chi connectivity index (χ0) is 27.1. The number of hydrogen-bond donors (Lipinski definition) is 1. The van der Waals surface area contributed by atoms with Crippen LogP contribution in [0.25, 0.3) is 17.2 Å². The van der Waals surface area contributed by atoms with E-state index in [1.54, 1.807) is 6.08 Å². The number of ether oxygens (including phenoxy) is 1. The van der Waals surface area contributed by atoms with Gasteiger partial charge in [0, 0.05) is 18.7 Å². The molecule has 5 rings (SSSR count). The minimum absolute atomic E-state index is 0.00644. The predicted molar refractivity (Wildman–Crippen MR) is 141 cm³/mol. The summed E-state index contributed by atoms with van der Waals surface area (Å²) in [6.07, 6.45) is 2.16. The van der Waals surface area contributed by atoms with E-state index in [-0.39, 0.29) is 19.1 Å². The van der Waals surface area contributed by atoms with Crippen molar-refractivity contribution in [2.75, 3.05) is 13.2 Å². The molecule has 0 atom stereocenters. The lowest BCUT2D eigenvalue weighted by molar-refractivity contribution is 0.00578. The molecule has 3 aromatic rings. The number of alkyl carbamates (subject to hydrolysis) is 1. The third kappa shape index (κ3) is 4.96. The topological polar surface area (TPSA) is 69.7 Å². The van der Waals surface area contributed by atoms with Gasteiger partial charge in [0.25, 0.3) is 0 Å². The molecular weight excluding hydrogens is 489 g/mol. The van der Waals surface area contributed by atoms with Gasteiger partial charge in [-0.2, -0.15) is 4.39 Å². The zero-order valence-electron chi connectivity index (χ0n) is 21.8. The van der Waals surface area contributed by atoms with Gasteiger partial charge in [0.2, 0.25) is 5.95 Å². The molecule has 9 heteroatoms. The largest absolute Gasteiger partial charge is 0.492 e. The summed E-state index contributed by atoms with van der Waals surface area (Å²) >= 11 is 0. The normalized spacial score (nSPS) is 17.7. The van der Waals surface area contributed by atoms with Gasteiger partial charge >= 0.3 is 13.2 Å². The molecule has 38 heavy (non-hydrogen) atoms. The van der Waals surface area contributed by atoms with Crippen LogP contribution in [0.4, 0.5) is 13.6 Å². The second-order valence-electron chi connectivity index (χ2n) is 10.5. The van der Waals surface area contributed by atoms with Crippen molar-refractivity contribution in [2.45, 2.75) is 44.8 Å². The second kappa shape index (κ2) is 9.96. The van der Waals surface area contributed by atoms with Crippen LogP contribution in [-0.2, 0) is 14.0 Å². The lowest BCUT2D eigenvalue weighted by Gasteiger charge is -2.32. The fourth-order valence-electron chi connectivity index (χ4n) is 4.75. The fraction of sp³-hybridized carbons (Fsp3) is 0.310. The number of rotatable bonds is 6. The molecule has 1 aromatic heterocycles. The molecule has 1 N–H and O–H groups in total. The van der Waals surface area contributed by atoms with Gasteiger partial charge in [0.15, 0.2) is 5.82 Å². The van der Waals surface area contributed by atoms with Crippen LogP contribution in [0.2, 0.25) is 0 Å². The van der Waals surface area contributed by atoms with Crippen molar-refractivity contribution < 1.29 is 27.6 Å². The number of amides is 1. The molecule has 2 heterocycles. The van der Waals surface area contributed by atoms with Crippen LogP contribution in [-0.4, -0.2) is 42.5 Å². The van der Waals surface area contributed by atoms with Crippen LogP contribution < -0.4 is 5.32 Å². The molecule has 1 fully saturated rings. The first-order valence-electron chi connectivity index (χ1n) is 12.5. The van der Waals surface area contributed by atoms with E-state index in [2.05, 4.69) is 34.6 Å². The lowest BCUT2D eigenvalue weighted by atomic mass is 9.77. The fourth-order valence-corrected chi connectivity index (χ4v) is 4.75. The molecule has 0 spiro atoms. The average molecular weight is 518 g/mol. The Morgan fingerprint density at radius 2 is 1.61 bits per heavy atom. The molecule has 6 nitrogen and oxygen atoms in total. The zero-order valence-corrected chi connectivity index (χ0v) is 21.8. The van der Waals surface area contributed by atoms with Crippen molar-refractivity contribution in [3.05, 3.63) is 94.7 Å². The highest BCUT2D eigenvalue weighted by Crippen LogP contribution is 2.44. The minimum atomic E-state index is -1.18. The molecule has 0 unspecified atom stereocenters. The Labute approximate surface area is 221 Å². The van der Waals surface area contributed by atoms with Gasteiger partial charge in [-0.3, -0.25) is 0 Å².